The van der Waals surface area contributed by atoms with Gasteiger partial charge in [0.25, 0.3) is 5.92 Å². The summed E-state index contributed by atoms with van der Waals surface area (Å²) in [6.45, 7) is 1.33. The minimum absolute atomic E-state index is 0.195. The molecule has 1 aliphatic carbocycles. The maximum Gasteiger partial charge on any atom is 0.405 e. The van der Waals surface area contributed by atoms with Gasteiger partial charge in [-0.2, -0.15) is 0 Å². The predicted octanol–water partition coefficient (Wildman–Crippen LogP) is 2.51. The first-order valence-electron chi connectivity index (χ1n) is 4.75. The van der Waals surface area contributed by atoms with Crippen molar-refractivity contribution in [3.8, 4) is 0 Å². The number of azide groups is 1. The second kappa shape index (κ2) is 4.13. The Morgan fingerprint density at radius 1 is 1.62 bits per heavy atom. The van der Waals surface area contributed by atoms with Crippen LogP contribution in [0.15, 0.2) is 5.11 Å². The molecule has 0 unspecified atom stereocenters. The molecule has 0 heterocycles. The van der Waals surface area contributed by atoms with Gasteiger partial charge in [-0.05, 0) is 18.4 Å². The number of rotatable bonds is 2. The molecule has 0 radical (unpaired) electrons. The first-order valence-corrected chi connectivity index (χ1v) is 4.75. The van der Waals surface area contributed by atoms with Gasteiger partial charge in [0.15, 0.2) is 0 Å². The van der Waals surface area contributed by atoms with Gasteiger partial charge >= 0.3 is 6.09 Å². The molecule has 2 N–H and O–H groups in total. The SMILES string of the molecule is C[C@]1(N=[N+]=[N-])CCCC(F)(F)[C@@H]1NC(=O)O. The lowest BCUT2D eigenvalue weighted by Crippen LogP contribution is -2.61. The molecule has 0 aromatic rings. The van der Waals surface area contributed by atoms with Crippen molar-refractivity contribution in [2.45, 2.75) is 43.7 Å². The van der Waals surface area contributed by atoms with Crippen molar-refractivity contribution in [2.24, 2.45) is 5.11 Å². The maximum absolute atomic E-state index is 13.5. The van der Waals surface area contributed by atoms with Crippen molar-refractivity contribution >= 4 is 6.09 Å². The Balaban J connectivity index is 3.05. The van der Waals surface area contributed by atoms with E-state index in [-0.39, 0.29) is 12.8 Å². The zero-order valence-electron chi connectivity index (χ0n) is 8.65. The molecule has 0 aliphatic heterocycles. The van der Waals surface area contributed by atoms with Crippen LogP contribution in [0.3, 0.4) is 0 Å². The van der Waals surface area contributed by atoms with Crippen LogP contribution in [0.1, 0.15) is 26.2 Å². The lowest BCUT2D eigenvalue weighted by molar-refractivity contribution is -0.0858. The van der Waals surface area contributed by atoms with E-state index in [9.17, 15) is 13.6 Å². The fraction of sp³-hybridized carbons (Fsp3) is 0.875. The van der Waals surface area contributed by atoms with Gasteiger partial charge < -0.3 is 10.4 Å². The van der Waals surface area contributed by atoms with Crippen molar-refractivity contribution in [3.63, 3.8) is 0 Å². The Bertz CT molecular complexity index is 343. The summed E-state index contributed by atoms with van der Waals surface area (Å²) in [5, 5.41) is 13.6. The minimum atomic E-state index is -3.19. The Labute approximate surface area is 90.3 Å². The van der Waals surface area contributed by atoms with Crippen LogP contribution < -0.4 is 5.32 Å². The van der Waals surface area contributed by atoms with Gasteiger partial charge in [-0.3, -0.25) is 0 Å². The van der Waals surface area contributed by atoms with E-state index in [1.165, 1.54) is 6.92 Å². The van der Waals surface area contributed by atoms with E-state index in [1.807, 2.05) is 0 Å². The molecule has 1 amide bonds. The number of halogens is 2. The van der Waals surface area contributed by atoms with Crippen LogP contribution in [0, 0.1) is 0 Å². The number of nitrogens with one attached hydrogen (secondary N) is 1. The summed E-state index contributed by atoms with van der Waals surface area (Å²) in [4.78, 5) is 13.0. The Hall–Kier alpha value is -1.56. The summed E-state index contributed by atoms with van der Waals surface area (Å²) in [5.41, 5.74) is 6.92. The topological polar surface area (TPSA) is 98.1 Å². The molecule has 0 saturated heterocycles. The fourth-order valence-corrected chi connectivity index (χ4v) is 2.02. The Kier molecular flexibility index (Phi) is 3.23. The molecule has 8 heteroatoms. The molecular formula is C8H12F2N4O2. The van der Waals surface area contributed by atoms with Crippen molar-refractivity contribution in [1.82, 2.24) is 5.32 Å². The second-order valence-electron chi connectivity index (χ2n) is 4.04. The summed E-state index contributed by atoms with van der Waals surface area (Å²) in [5.74, 6) is -3.19. The number of alkyl halides is 2. The molecule has 0 aromatic carbocycles. The highest BCUT2D eigenvalue weighted by Crippen LogP contribution is 2.41. The quantitative estimate of drug-likeness (QED) is 0.436. The largest absolute Gasteiger partial charge is 0.465 e. The Morgan fingerprint density at radius 2 is 2.25 bits per heavy atom. The van der Waals surface area contributed by atoms with E-state index in [4.69, 9.17) is 10.6 Å². The standard InChI is InChI=1S/C8H12F2N4O2/c1-7(13-14-11)3-2-4-8(9,10)5(7)12-6(15)16/h5,12H,2-4H2,1H3,(H,15,16)/t5-,7+/m1/s1. The summed E-state index contributed by atoms with van der Waals surface area (Å²) in [7, 11) is 0. The molecule has 1 fully saturated rings. The van der Waals surface area contributed by atoms with Gasteiger partial charge in [0.2, 0.25) is 0 Å². The highest BCUT2D eigenvalue weighted by molar-refractivity contribution is 5.65. The van der Waals surface area contributed by atoms with Crippen LogP contribution in [-0.4, -0.2) is 28.7 Å². The van der Waals surface area contributed by atoms with Crippen LogP contribution in [0.25, 0.3) is 10.4 Å². The van der Waals surface area contributed by atoms with E-state index in [0.29, 0.717) is 0 Å². The number of carboxylic acid groups (broad SMARTS) is 1. The predicted molar refractivity (Wildman–Crippen MR) is 51.3 cm³/mol. The normalized spacial score (nSPS) is 32.6. The number of hydrogen-bond donors (Lipinski definition) is 2. The highest BCUT2D eigenvalue weighted by Gasteiger charge is 2.53. The van der Waals surface area contributed by atoms with E-state index >= 15 is 0 Å². The van der Waals surface area contributed by atoms with Gasteiger partial charge in [-0.25, -0.2) is 13.6 Å². The van der Waals surface area contributed by atoms with Crippen molar-refractivity contribution < 1.29 is 18.7 Å². The highest BCUT2D eigenvalue weighted by atomic mass is 19.3. The van der Waals surface area contributed by atoms with E-state index in [1.54, 1.807) is 5.32 Å². The summed E-state index contributed by atoms with van der Waals surface area (Å²) >= 11 is 0. The average Bonchev–Trinajstić information content (AvgIpc) is 2.12. The first kappa shape index (κ1) is 12.5. The van der Waals surface area contributed by atoms with Crippen LogP contribution in [-0.2, 0) is 0 Å². The molecule has 6 nitrogen and oxygen atoms in total. The Morgan fingerprint density at radius 3 is 2.75 bits per heavy atom. The summed E-state index contributed by atoms with van der Waals surface area (Å²) < 4.78 is 27.1. The van der Waals surface area contributed by atoms with Gasteiger partial charge in [0.1, 0.15) is 6.04 Å². The molecule has 0 spiro atoms. The second-order valence-corrected chi connectivity index (χ2v) is 4.04. The van der Waals surface area contributed by atoms with Crippen molar-refractivity contribution in [3.05, 3.63) is 10.4 Å². The van der Waals surface area contributed by atoms with Crippen LogP contribution >= 0.6 is 0 Å². The molecule has 90 valence electrons. The molecule has 2 atom stereocenters. The number of amides is 1. The van der Waals surface area contributed by atoms with Gasteiger partial charge in [0, 0.05) is 11.3 Å². The van der Waals surface area contributed by atoms with Crippen LogP contribution in [0.5, 0.6) is 0 Å². The van der Waals surface area contributed by atoms with Crippen molar-refractivity contribution in [2.75, 3.05) is 0 Å². The minimum Gasteiger partial charge on any atom is -0.465 e. The third-order valence-electron chi connectivity index (χ3n) is 2.78. The van der Waals surface area contributed by atoms with Crippen LogP contribution in [0.2, 0.25) is 0 Å². The monoisotopic (exact) mass is 234 g/mol. The molecular weight excluding hydrogens is 222 g/mol. The fourth-order valence-electron chi connectivity index (χ4n) is 2.02. The van der Waals surface area contributed by atoms with E-state index < -0.39 is 30.0 Å². The average molecular weight is 234 g/mol. The smallest absolute Gasteiger partial charge is 0.405 e. The summed E-state index contributed by atoms with van der Waals surface area (Å²) in [6, 6.07) is -1.68. The molecule has 16 heavy (non-hydrogen) atoms. The zero-order chi connectivity index (χ0) is 12.4. The van der Waals surface area contributed by atoms with Crippen molar-refractivity contribution in [1.29, 1.82) is 0 Å². The number of hydrogen-bond acceptors (Lipinski definition) is 2. The molecule has 1 aliphatic rings. The molecule has 0 bridgehead atoms. The molecule has 1 rings (SSSR count). The van der Waals surface area contributed by atoms with Crippen LogP contribution in [0.4, 0.5) is 13.6 Å². The number of nitrogens with zero attached hydrogens (tertiary/aromatic N) is 3. The zero-order valence-corrected chi connectivity index (χ0v) is 8.65. The van der Waals surface area contributed by atoms with Gasteiger partial charge in [-0.15, -0.1) is 0 Å². The van der Waals surface area contributed by atoms with Gasteiger partial charge in [-0.1, -0.05) is 12.0 Å². The third-order valence-corrected chi connectivity index (χ3v) is 2.78. The molecule has 0 aromatic heterocycles. The number of carbonyl (C=O) groups is 1. The summed E-state index contributed by atoms with van der Waals surface area (Å²) in [6.07, 6.45) is -1.53. The lowest BCUT2D eigenvalue weighted by atomic mass is 9.77. The maximum atomic E-state index is 13.5. The lowest BCUT2D eigenvalue weighted by Gasteiger charge is -2.42. The van der Waals surface area contributed by atoms with E-state index in [0.717, 1.165) is 0 Å². The third kappa shape index (κ3) is 2.33. The molecule has 1 saturated carbocycles. The van der Waals surface area contributed by atoms with Gasteiger partial charge in [0.05, 0.1) is 5.54 Å². The van der Waals surface area contributed by atoms with E-state index in [2.05, 4.69) is 10.0 Å². The first-order chi connectivity index (χ1) is 7.32.